The van der Waals surface area contributed by atoms with E-state index in [1.54, 1.807) is 47.3 Å². The summed E-state index contributed by atoms with van der Waals surface area (Å²) in [5.41, 5.74) is -2.36. The van der Waals surface area contributed by atoms with Crippen molar-refractivity contribution in [2.24, 2.45) is 0 Å². The molecule has 5 N–H and O–H groups in total. The largest absolute Gasteiger partial charge is 1.00 e. The van der Waals surface area contributed by atoms with Crippen molar-refractivity contribution >= 4 is 78.9 Å². The van der Waals surface area contributed by atoms with Crippen molar-refractivity contribution in [2.45, 2.75) is 69.6 Å². The summed E-state index contributed by atoms with van der Waals surface area (Å²) >= 11 is 1.40. The van der Waals surface area contributed by atoms with Crippen LogP contribution in [0.15, 0.2) is 102 Å². The van der Waals surface area contributed by atoms with E-state index in [4.69, 9.17) is 36.6 Å². The third-order valence-corrected chi connectivity index (χ3v) is 12.3. The second-order valence-electron chi connectivity index (χ2n) is 18.4. The first-order valence-corrected chi connectivity index (χ1v) is 25.8. The molecule has 0 atom stereocenters. The number of fused-ring (bicyclic) bond motifs is 2. The van der Waals surface area contributed by atoms with Gasteiger partial charge in [-0.25, -0.2) is 9.97 Å². The Balaban J connectivity index is 0.000000440. The number of amides is 2. The van der Waals surface area contributed by atoms with Gasteiger partial charge in [-0.15, -0.1) is 36.6 Å². The van der Waals surface area contributed by atoms with Crippen LogP contribution in [0.4, 0.5) is 37.7 Å². The van der Waals surface area contributed by atoms with Gasteiger partial charge in [0.15, 0.2) is 0 Å². The molecule has 4 heterocycles. The average Bonchev–Trinajstić information content (AvgIpc) is 3.93. The van der Waals surface area contributed by atoms with Crippen LogP contribution >= 0.6 is 23.8 Å². The van der Waals surface area contributed by atoms with Crippen molar-refractivity contribution in [3.05, 3.63) is 137 Å². The number of halogens is 7. The van der Waals surface area contributed by atoms with Crippen molar-refractivity contribution in [3.8, 4) is 24.7 Å². The zero-order valence-corrected chi connectivity index (χ0v) is 51.9. The van der Waals surface area contributed by atoms with Gasteiger partial charge in [0.1, 0.15) is 36.6 Å². The van der Waals surface area contributed by atoms with Crippen LogP contribution in [0.2, 0.25) is 0 Å². The molecule has 2 amide bonds. The molecule has 3 aromatic carbocycles. The fraction of sp³-hybridized carbons (Fsp3) is 0.345. The van der Waals surface area contributed by atoms with E-state index in [-0.39, 0.29) is 101 Å². The van der Waals surface area contributed by atoms with Crippen LogP contribution < -0.4 is 62.0 Å². The number of hydrogen-bond donors (Lipinski definition) is 5. The SMILES string of the molecule is C#CCOCCOCCOS(=O)(=O)c1ccc(C)cc1.C#CCOCCOCCn1cc2cc(NC(=O)c3cccc(C(F)(F)F)n3)c(C(C)(C)O)cc2n1.CC(C)(O)c1cc2[nH]ncc2cc1NC(=O)c1cccc(C(F)(F)F)n1.[3H-].[3H]I.[K+]. The van der Waals surface area contributed by atoms with E-state index in [0.717, 1.165) is 29.8 Å². The quantitative estimate of drug-likeness (QED) is 0.0127. The van der Waals surface area contributed by atoms with E-state index in [2.05, 4.69) is 47.7 Å². The van der Waals surface area contributed by atoms with Gasteiger partial charge in [0.05, 0.1) is 86.1 Å². The number of aromatic amines is 1. The Morgan fingerprint density at radius 2 is 1.18 bits per heavy atom. The number of nitrogens with zero attached hydrogens (tertiary/aromatic N) is 5. The number of carbonyl (C=O) groups is 2. The van der Waals surface area contributed by atoms with Gasteiger partial charge in [-0.05, 0) is 95.3 Å². The maximum atomic E-state index is 13.0. The fourth-order valence-electron chi connectivity index (χ4n) is 7.09. The molecular formula is C55H60F6IKN8O11S. The first-order chi connectivity index (χ1) is 39.1. The van der Waals surface area contributed by atoms with Crippen LogP contribution in [0.25, 0.3) is 21.8 Å². The van der Waals surface area contributed by atoms with Crippen LogP contribution in [-0.4, -0.2) is 120 Å². The number of alkyl halides is 6. The Labute approximate surface area is 536 Å². The van der Waals surface area contributed by atoms with Crippen molar-refractivity contribution in [2.75, 3.05) is 70.1 Å². The summed E-state index contributed by atoms with van der Waals surface area (Å²) < 4.78 is 134. The molecule has 4 aromatic heterocycles. The number of aliphatic hydroxyl groups is 2. The van der Waals surface area contributed by atoms with Gasteiger partial charge in [0.25, 0.3) is 21.9 Å². The number of ether oxygens (including phenoxy) is 4. The standard InChI is InChI=1S/C24H25F3N4O4.C17H15F3N4O2.C14H18O5S.HI.K.H/c1-4-9-34-11-12-35-10-8-31-15-16-13-20(17(23(2,3)33)14-19(16)30-31)29-22(32)18-6-5-7-21(28-18)24(25,26)27;1-16(2,26)10-7-12-9(8-21-24-12)6-13(10)23-15(25)11-4-3-5-14(22-11)17(18,19)20;1-3-8-17-9-10-18-11-12-19-20(15,16)14-6-4-13(2)5-7-14;;;/h1,5-7,13-15,33H,8-12H2,2-3H3,(H,29,32);3-8,26H,1-2H3,(H,21,24)(H,23,25);1,4-7H,8-12H2,2H3;1H;;/q;;;;+1;-1/i;;;;;1+2/hT. The van der Waals surface area contributed by atoms with Gasteiger partial charge in [0, 0.05) is 39.5 Å². The summed E-state index contributed by atoms with van der Waals surface area (Å²) in [6.07, 6.45) is 4.04. The Kier molecular flexibility index (Phi) is 27.6. The smallest absolute Gasteiger partial charge is 1.00 e. The average molecular weight is 1330 g/mol. The number of carbonyl (C=O) groups excluding carboxylic acids is 2. The number of H-pyrrole nitrogens is 1. The summed E-state index contributed by atoms with van der Waals surface area (Å²) in [5.74, 6) is 3.04. The van der Waals surface area contributed by atoms with Crippen molar-refractivity contribution in [1.82, 2.24) is 29.9 Å². The molecule has 7 aromatic rings. The maximum absolute atomic E-state index is 13.0. The molecular weight excluding hydrogens is 1260 g/mol. The summed E-state index contributed by atoms with van der Waals surface area (Å²) in [6, 6.07) is 19.1. The minimum Gasteiger partial charge on any atom is -1.00 e. The second kappa shape index (κ2) is 32.7. The first kappa shape index (κ1) is 70.1. The number of aromatic nitrogens is 6. The summed E-state index contributed by atoms with van der Waals surface area (Å²) in [4.78, 5) is 32.0. The van der Waals surface area contributed by atoms with E-state index in [1.165, 1.54) is 81.9 Å². The minimum absolute atomic E-state index is 0. The third kappa shape index (κ3) is 22.8. The molecule has 0 radical (unpaired) electrons. The predicted octanol–water partition coefficient (Wildman–Crippen LogP) is 6.15. The number of anilines is 2. The topological polar surface area (TPSA) is 251 Å². The van der Waals surface area contributed by atoms with Crippen molar-refractivity contribution in [1.29, 1.82) is 0.594 Å². The molecule has 83 heavy (non-hydrogen) atoms. The van der Waals surface area contributed by atoms with Crippen LogP contribution in [0.1, 0.15) is 78.2 Å². The van der Waals surface area contributed by atoms with Gasteiger partial charge in [-0.1, -0.05) is 41.7 Å². The number of terminal acetylenes is 2. The van der Waals surface area contributed by atoms with Gasteiger partial charge >= 0.3 is 63.7 Å². The Bertz CT molecular complexity index is 3460. The molecule has 0 fully saturated rings. The molecule has 0 aliphatic heterocycles. The number of pyridine rings is 2. The Morgan fingerprint density at radius 1 is 0.711 bits per heavy atom. The molecule has 442 valence electrons. The molecule has 0 aliphatic rings. The predicted molar refractivity (Wildman–Crippen MR) is 302 cm³/mol. The number of aryl methyl sites for hydroxylation is 1. The van der Waals surface area contributed by atoms with E-state index in [1.807, 2.05) is 6.92 Å². The molecule has 28 heteroatoms. The zero-order chi connectivity index (χ0) is 61.6. The number of benzene rings is 3. The normalized spacial score (nSPS) is 11.7. The van der Waals surface area contributed by atoms with Crippen LogP contribution in [0.5, 0.6) is 0 Å². The Hall–Kier alpha value is -5.42. The van der Waals surface area contributed by atoms with Crippen molar-refractivity contribution < 1.29 is 131 Å². The third-order valence-electron chi connectivity index (χ3n) is 11.0. The van der Waals surface area contributed by atoms with Gasteiger partial charge in [0.2, 0.25) is 0 Å². The fourth-order valence-corrected chi connectivity index (χ4v) is 7.99. The molecule has 0 aliphatic carbocycles. The summed E-state index contributed by atoms with van der Waals surface area (Å²) in [6.45, 7) is 10.9. The molecule has 0 bridgehead atoms. The molecule has 0 spiro atoms. The number of nitrogens with one attached hydrogen (secondary N) is 3. The molecule has 7 rings (SSSR count). The molecule has 19 nitrogen and oxygen atoms in total. The summed E-state index contributed by atoms with van der Waals surface area (Å²) in [7, 11) is -3.72. The maximum Gasteiger partial charge on any atom is 1.00 e. The van der Waals surface area contributed by atoms with Crippen molar-refractivity contribution in [3.63, 3.8) is 0 Å². The van der Waals surface area contributed by atoms with E-state index in [0.29, 0.717) is 72.5 Å². The summed E-state index contributed by atoms with van der Waals surface area (Å²) in [5, 5.41) is 38.5. The Morgan fingerprint density at radius 3 is 1.67 bits per heavy atom. The number of rotatable bonds is 22. The number of hydrogen-bond acceptors (Lipinski definition) is 15. The van der Waals surface area contributed by atoms with Gasteiger partial charge in [-0.2, -0.15) is 45.0 Å². The van der Waals surface area contributed by atoms with Gasteiger partial charge in [-0.3, -0.25) is 23.6 Å². The van der Waals surface area contributed by atoms with E-state index in [9.17, 15) is 54.6 Å². The second-order valence-corrected chi connectivity index (χ2v) is 20.0. The molecule has 0 saturated carbocycles. The monoisotopic (exact) mass is 1320 g/mol. The van der Waals surface area contributed by atoms with Crippen LogP contribution in [-0.2, 0) is 63.3 Å². The zero-order valence-electron chi connectivity index (χ0n) is 47.8. The van der Waals surface area contributed by atoms with Crippen LogP contribution in [0.3, 0.4) is 0 Å². The van der Waals surface area contributed by atoms with E-state index < -0.39 is 62.6 Å². The minimum atomic E-state index is -4.68. The molecule has 0 saturated heterocycles. The van der Waals surface area contributed by atoms with Crippen LogP contribution in [0, 0.1) is 31.6 Å². The van der Waals surface area contributed by atoms with E-state index >= 15 is 0 Å². The first-order valence-electron chi connectivity index (χ1n) is 24.8. The van der Waals surface area contributed by atoms with Gasteiger partial charge < -0.3 is 41.2 Å². The molecule has 0 unspecified atom stereocenters.